The number of aryl methyl sites for hydroxylation is 2. The highest BCUT2D eigenvalue weighted by atomic mass is 19.4. The van der Waals surface area contributed by atoms with E-state index in [0.717, 1.165) is 34.0 Å². The van der Waals surface area contributed by atoms with Gasteiger partial charge in [0.2, 0.25) is 0 Å². The SMILES string of the molecule is Cc1cc(C(F)(F)F)nn1-c1ccc(Nc2cc3c(ncn3C)c(-c3ccccc3C(C)C)n2)cc1. The van der Waals surface area contributed by atoms with Crippen LogP contribution in [0.5, 0.6) is 0 Å². The molecule has 1 N–H and O–H groups in total. The van der Waals surface area contributed by atoms with Crippen LogP contribution < -0.4 is 5.32 Å². The van der Waals surface area contributed by atoms with Gasteiger partial charge in [0.1, 0.15) is 17.0 Å². The molecule has 0 fully saturated rings. The van der Waals surface area contributed by atoms with Gasteiger partial charge in [0.15, 0.2) is 5.69 Å². The predicted molar refractivity (Wildman–Crippen MR) is 135 cm³/mol. The fourth-order valence-corrected chi connectivity index (χ4v) is 4.30. The highest BCUT2D eigenvalue weighted by molar-refractivity contribution is 5.93. The number of fused-ring (bicyclic) bond motifs is 1. The summed E-state index contributed by atoms with van der Waals surface area (Å²) >= 11 is 0. The zero-order chi connectivity index (χ0) is 25.6. The first-order valence-corrected chi connectivity index (χ1v) is 11.5. The summed E-state index contributed by atoms with van der Waals surface area (Å²) in [6, 6.07) is 18.2. The van der Waals surface area contributed by atoms with Crippen molar-refractivity contribution in [1.82, 2.24) is 24.3 Å². The van der Waals surface area contributed by atoms with Crippen molar-refractivity contribution in [3.8, 4) is 16.9 Å². The molecule has 184 valence electrons. The number of benzene rings is 2. The molecular weight excluding hydrogens is 465 g/mol. The van der Waals surface area contributed by atoms with Crippen LogP contribution >= 0.6 is 0 Å². The molecule has 0 radical (unpaired) electrons. The molecule has 0 atom stereocenters. The Labute approximate surface area is 206 Å². The van der Waals surface area contributed by atoms with Gasteiger partial charge in [-0.25, -0.2) is 14.6 Å². The Kier molecular flexibility index (Phi) is 5.78. The Morgan fingerprint density at radius 1 is 0.972 bits per heavy atom. The van der Waals surface area contributed by atoms with Gasteiger partial charge in [-0.2, -0.15) is 18.3 Å². The summed E-state index contributed by atoms with van der Waals surface area (Å²) in [7, 11) is 1.94. The number of imidazole rings is 1. The number of rotatable bonds is 5. The molecule has 5 aromatic rings. The van der Waals surface area contributed by atoms with Crippen LogP contribution in [0.4, 0.5) is 24.7 Å². The van der Waals surface area contributed by atoms with Crippen LogP contribution in [0.2, 0.25) is 0 Å². The summed E-state index contributed by atoms with van der Waals surface area (Å²) in [6.45, 7) is 5.89. The normalized spacial score (nSPS) is 12.0. The molecule has 0 aliphatic carbocycles. The van der Waals surface area contributed by atoms with Gasteiger partial charge in [-0.15, -0.1) is 0 Å². The molecule has 0 bridgehead atoms. The summed E-state index contributed by atoms with van der Waals surface area (Å²) < 4.78 is 42.4. The van der Waals surface area contributed by atoms with Crippen molar-refractivity contribution < 1.29 is 13.2 Å². The van der Waals surface area contributed by atoms with E-state index in [0.29, 0.717) is 23.1 Å². The van der Waals surface area contributed by atoms with Crippen LogP contribution in [-0.2, 0) is 13.2 Å². The minimum absolute atomic E-state index is 0.314. The lowest BCUT2D eigenvalue weighted by molar-refractivity contribution is -0.141. The average molecular weight is 491 g/mol. The molecule has 9 heteroatoms. The predicted octanol–water partition coefficient (Wildman–Crippen LogP) is 7.02. The number of alkyl halides is 3. The van der Waals surface area contributed by atoms with Crippen molar-refractivity contribution in [2.75, 3.05) is 5.32 Å². The maximum atomic E-state index is 13.0. The smallest absolute Gasteiger partial charge is 0.340 e. The van der Waals surface area contributed by atoms with Crippen LogP contribution in [0.1, 0.15) is 36.7 Å². The molecule has 0 unspecified atom stereocenters. The highest BCUT2D eigenvalue weighted by Crippen LogP contribution is 2.34. The largest absolute Gasteiger partial charge is 0.435 e. The van der Waals surface area contributed by atoms with Crippen LogP contribution in [0.3, 0.4) is 0 Å². The minimum Gasteiger partial charge on any atom is -0.340 e. The third-order valence-corrected chi connectivity index (χ3v) is 6.11. The van der Waals surface area contributed by atoms with Crippen molar-refractivity contribution in [3.63, 3.8) is 0 Å². The highest BCUT2D eigenvalue weighted by Gasteiger charge is 2.34. The Hall–Kier alpha value is -4.14. The fraction of sp³-hybridized carbons (Fsp3) is 0.222. The van der Waals surface area contributed by atoms with Crippen LogP contribution in [0.25, 0.3) is 28.0 Å². The maximum Gasteiger partial charge on any atom is 0.435 e. The number of hydrogen-bond donors (Lipinski definition) is 1. The van der Waals surface area contributed by atoms with E-state index in [9.17, 15) is 13.2 Å². The number of anilines is 2. The first-order valence-electron chi connectivity index (χ1n) is 11.5. The van der Waals surface area contributed by atoms with E-state index in [1.807, 2.05) is 29.8 Å². The number of nitrogens with one attached hydrogen (secondary N) is 1. The molecule has 0 spiro atoms. The van der Waals surface area contributed by atoms with E-state index in [1.165, 1.54) is 10.2 Å². The number of halogens is 3. The fourth-order valence-electron chi connectivity index (χ4n) is 4.30. The quantitative estimate of drug-likeness (QED) is 0.288. The molecule has 0 saturated heterocycles. The number of nitrogens with zero attached hydrogens (tertiary/aromatic N) is 5. The second kappa shape index (κ2) is 8.82. The van der Waals surface area contributed by atoms with E-state index < -0.39 is 11.9 Å². The molecule has 3 heterocycles. The molecule has 0 aliphatic heterocycles. The lowest BCUT2D eigenvalue weighted by atomic mass is 9.94. The maximum absolute atomic E-state index is 13.0. The summed E-state index contributed by atoms with van der Waals surface area (Å²) in [5.74, 6) is 0.955. The second-order valence-corrected chi connectivity index (χ2v) is 9.07. The second-order valence-electron chi connectivity index (χ2n) is 9.07. The molecule has 6 nitrogen and oxygen atoms in total. The molecular formula is C27H25F3N6. The van der Waals surface area contributed by atoms with E-state index >= 15 is 0 Å². The van der Waals surface area contributed by atoms with Gasteiger partial charge in [0, 0.05) is 30.1 Å². The summed E-state index contributed by atoms with van der Waals surface area (Å²) in [4.78, 5) is 9.52. The molecule has 0 aliphatic rings. The van der Waals surface area contributed by atoms with Crippen LogP contribution in [0, 0.1) is 6.92 Å². The van der Waals surface area contributed by atoms with Gasteiger partial charge in [-0.05, 0) is 48.7 Å². The van der Waals surface area contributed by atoms with Gasteiger partial charge < -0.3 is 9.88 Å². The van der Waals surface area contributed by atoms with Crippen molar-refractivity contribution in [1.29, 1.82) is 0 Å². The molecule has 0 amide bonds. The third-order valence-electron chi connectivity index (χ3n) is 6.11. The Bertz CT molecular complexity index is 1540. The summed E-state index contributed by atoms with van der Waals surface area (Å²) in [5.41, 5.74) is 5.54. The van der Waals surface area contributed by atoms with E-state index in [-0.39, 0.29) is 0 Å². The topological polar surface area (TPSA) is 60.6 Å². The van der Waals surface area contributed by atoms with E-state index in [2.05, 4.69) is 41.4 Å². The average Bonchev–Trinajstić information content (AvgIpc) is 3.42. The van der Waals surface area contributed by atoms with Crippen molar-refractivity contribution >= 4 is 22.5 Å². The van der Waals surface area contributed by atoms with Gasteiger partial charge in [0.05, 0.1) is 17.5 Å². The first kappa shape index (κ1) is 23.6. The van der Waals surface area contributed by atoms with Crippen molar-refractivity contribution in [3.05, 3.63) is 83.9 Å². The van der Waals surface area contributed by atoms with E-state index in [1.54, 1.807) is 37.5 Å². The number of aromatic nitrogens is 5. The van der Waals surface area contributed by atoms with Crippen molar-refractivity contribution in [2.24, 2.45) is 7.05 Å². The molecule has 0 saturated carbocycles. The third kappa shape index (κ3) is 4.32. The lowest BCUT2D eigenvalue weighted by Gasteiger charge is -2.15. The van der Waals surface area contributed by atoms with Crippen molar-refractivity contribution in [2.45, 2.75) is 32.9 Å². The zero-order valence-corrected chi connectivity index (χ0v) is 20.3. The molecule has 36 heavy (non-hydrogen) atoms. The number of hydrogen-bond acceptors (Lipinski definition) is 4. The summed E-state index contributed by atoms with van der Waals surface area (Å²) in [5, 5.41) is 7.05. The lowest BCUT2D eigenvalue weighted by Crippen LogP contribution is -2.07. The molecule has 2 aromatic carbocycles. The molecule has 5 rings (SSSR count). The van der Waals surface area contributed by atoms with Gasteiger partial charge in [-0.1, -0.05) is 38.1 Å². The van der Waals surface area contributed by atoms with Gasteiger partial charge >= 0.3 is 6.18 Å². The molecule has 3 aromatic heterocycles. The van der Waals surface area contributed by atoms with Crippen LogP contribution in [-0.4, -0.2) is 24.3 Å². The standard InChI is InChI=1S/C27H25F3N6/c1-16(2)20-7-5-6-8-21(20)25-26-22(35(4)15-31-26)14-24(33-25)32-18-9-11-19(12-10-18)36-17(3)13-23(34-36)27(28,29)30/h5-16H,1-4H3,(H,32,33). The summed E-state index contributed by atoms with van der Waals surface area (Å²) in [6.07, 6.45) is -2.71. The monoisotopic (exact) mass is 490 g/mol. The van der Waals surface area contributed by atoms with Gasteiger partial charge in [0.25, 0.3) is 0 Å². The number of pyridine rings is 1. The zero-order valence-electron chi connectivity index (χ0n) is 20.3. The first-order chi connectivity index (χ1) is 17.1. The Balaban J connectivity index is 1.51. The Morgan fingerprint density at radius 3 is 2.36 bits per heavy atom. The van der Waals surface area contributed by atoms with Gasteiger partial charge in [-0.3, -0.25) is 0 Å². The van der Waals surface area contributed by atoms with E-state index in [4.69, 9.17) is 4.98 Å². The van der Waals surface area contributed by atoms with Crippen LogP contribution in [0.15, 0.2) is 67.0 Å². The minimum atomic E-state index is -4.49. The Morgan fingerprint density at radius 2 is 1.69 bits per heavy atom.